The Morgan fingerprint density at radius 2 is 2.18 bits per heavy atom. The first-order chi connectivity index (χ1) is 4.95. The predicted octanol–water partition coefficient (Wildman–Crippen LogP) is -0.0496. The Hall–Kier alpha value is -0.0900. The fourth-order valence-electron chi connectivity index (χ4n) is 0.267. The molecule has 1 amide bonds. The Morgan fingerprint density at radius 1 is 1.64 bits per heavy atom. The van der Waals surface area contributed by atoms with E-state index in [1.54, 1.807) is 0 Å². The molecule has 0 bridgehead atoms. The summed E-state index contributed by atoms with van der Waals surface area (Å²) in [5.41, 5.74) is 0. The molecule has 0 aliphatic rings. The van der Waals surface area contributed by atoms with Crippen molar-refractivity contribution in [2.24, 2.45) is 0 Å². The molecular weight excluding hydrogens is 289 g/mol. The molecule has 0 atom stereocenters. The second-order valence-corrected chi connectivity index (χ2v) is 3.63. The van der Waals surface area contributed by atoms with E-state index in [-0.39, 0.29) is 6.61 Å². The Kier molecular flexibility index (Phi) is 4.68. The SMILES string of the molecule is O=C(NI)OCCS(=O)(=O)O. The number of carbonyl (C=O) groups excluding carboxylic acids is 1. The first-order valence-corrected chi connectivity index (χ1v) is 5.13. The molecule has 0 spiro atoms. The van der Waals surface area contributed by atoms with Crippen LogP contribution in [-0.4, -0.2) is 31.4 Å². The van der Waals surface area contributed by atoms with Crippen molar-refractivity contribution in [1.82, 2.24) is 3.53 Å². The van der Waals surface area contributed by atoms with Crippen LogP contribution in [0.1, 0.15) is 0 Å². The normalized spacial score (nSPS) is 10.7. The van der Waals surface area contributed by atoms with Crippen molar-refractivity contribution in [3.05, 3.63) is 0 Å². The van der Waals surface area contributed by atoms with Gasteiger partial charge in [-0.15, -0.1) is 0 Å². The lowest BCUT2D eigenvalue weighted by atomic mass is 10.9. The van der Waals surface area contributed by atoms with E-state index in [9.17, 15) is 13.2 Å². The summed E-state index contributed by atoms with van der Waals surface area (Å²) in [4.78, 5) is 10.3. The van der Waals surface area contributed by atoms with Crippen molar-refractivity contribution < 1.29 is 22.5 Å². The van der Waals surface area contributed by atoms with Crippen molar-refractivity contribution in [3.8, 4) is 0 Å². The summed E-state index contributed by atoms with van der Waals surface area (Å²) in [5.74, 6) is -0.586. The van der Waals surface area contributed by atoms with Gasteiger partial charge in [-0.3, -0.25) is 8.08 Å². The summed E-state index contributed by atoms with van der Waals surface area (Å²) >= 11 is 1.54. The first kappa shape index (κ1) is 10.9. The van der Waals surface area contributed by atoms with Crippen molar-refractivity contribution >= 4 is 39.1 Å². The van der Waals surface area contributed by atoms with Crippen molar-refractivity contribution in [1.29, 1.82) is 0 Å². The number of rotatable bonds is 3. The standard InChI is InChI=1S/C3H6INO5S/c4-5-3(6)10-1-2-11(7,8)9/h1-2H2,(H,5,6)(H,7,8,9). The van der Waals surface area contributed by atoms with Crippen LogP contribution in [-0.2, 0) is 14.9 Å². The molecular formula is C3H6INO5S. The maximum Gasteiger partial charge on any atom is 0.415 e. The number of hydrogen-bond donors (Lipinski definition) is 2. The third-order valence-corrected chi connectivity index (χ3v) is 1.77. The van der Waals surface area contributed by atoms with Crippen LogP contribution in [0.3, 0.4) is 0 Å². The number of carbonyl (C=O) groups is 1. The van der Waals surface area contributed by atoms with Gasteiger partial charge in [0.05, 0.1) is 22.9 Å². The van der Waals surface area contributed by atoms with Crippen LogP contribution >= 0.6 is 22.9 Å². The molecule has 2 N–H and O–H groups in total. The zero-order chi connectivity index (χ0) is 8.91. The highest BCUT2D eigenvalue weighted by atomic mass is 127. The molecule has 0 aliphatic heterocycles. The van der Waals surface area contributed by atoms with E-state index in [1.807, 2.05) is 0 Å². The highest BCUT2D eigenvalue weighted by Crippen LogP contribution is 1.85. The van der Waals surface area contributed by atoms with Crippen LogP contribution in [0, 0.1) is 0 Å². The average Bonchev–Trinajstić information content (AvgIpc) is 1.85. The molecule has 0 saturated heterocycles. The minimum absolute atomic E-state index is 0.354. The molecule has 11 heavy (non-hydrogen) atoms. The van der Waals surface area contributed by atoms with E-state index in [0.717, 1.165) is 0 Å². The molecule has 0 aromatic heterocycles. The van der Waals surface area contributed by atoms with Crippen LogP contribution in [0.4, 0.5) is 4.79 Å². The third kappa shape index (κ3) is 7.81. The number of halogens is 1. The van der Waals surface area contributed by atoms with E-state index in [1.165, 1.54) is 22.9 Å². The van der Waals surface area contributed by atoms with Gasteiger partial charge >= 0.3 is 6.09 Å². The van der Waals surface area contributed by atoms with Crippen LogP contribution in [0.5, 0.6) is 0 Å². The molecule has 0 heterocycles. The molecule has 66 valence electrons. The quantitative estimate of drug-likeness (QED) is 0.432. The summed E-state index contributed by atoms with van der Waals surface area (Å²) < 4.78 is 34.6. The fraction of sp³-hybridized carbons (Fsp3) is 0.667. The summed E-state index contributed by atoms with van der Waals surface area (Å²) in [6.07, 6.45) is -0.741. The zero-order valence-electron chi connectivity index (χ0n) is 5.28. The van der Waals surface area contributed by atoms with E-state index >= 15 is 0 Å². The summed E-state index contributed by atoms with van der Waals surface area (Å²) in [6, 6.07) is 0. The molecule has 6 nitrogen and oxygen atoms in total. The molecule has 0 rings (SSSR count). The predicted molar refractivity (Wildman–Crippen MR) is 44.9 cm³/mol. The van der Waals surface area contributed by atoms with Crippen molar-refractivity contribution in [2.45, 2.75) is 0 Å². The topological polar surface area (TPSA) is 92.7 Å². The van der Waals surface area contributed by atoms with Crippen molar-refractivity contribution in [3.63, 3.8) is 0 Å². The number of amides is 1. The molecule has 0 unspecified atom stereocenters. The van der Waals surface area contributed by atoms with Gasteiger partial charge in [-0.2, -0.15) is 8.42 Å². The van der Waals surface area contributed by atoms with Crippen LogP contribution < -0.4 is 3.53 Å². The summed E-state index contributed by atoms with van der Waals surface area (Å²) in [7, 11) is -4.04. The van der Waals surface area contributed by atoms with Gasteiger partial charge in [-0.25, -0.2) is 4.79 Å². The molecule has 0 aromatic rings. The second-order valence-electron chi connectivity index (χ2n) is 1.52. The van der Waals surface area contributed by atoms with E-state index in [4.69, 9.17) is 4.55 Å². The second kappa shape index (κ2) is 4.72. The van der Waals surface area contributed by atoms with Crippen molar-refractivity contribution in [2.75, 3.05) is 12.4 Å². The molecule has 0 radical (unpaired) electrons. The lowest BCUT2D eigenvalue weighted by molar-refractivity contribution is 0.161. The number of nitrogens with one attached hydrogen (secondary N) is 1. The Balaban J connectivity index is 3.51. The lowest BCUT2D eigenvalue weighted by Gasteiger charge is -1.99. The van der Waals surface area contributed by atoms with E-state index in [2.05, 4.69) is 8.27 Å². The van der Waals surface area contributed by atoms with Gasteiger partial charge in [0.25, 0.3) is 10.1 Å². The summed E-state index contributed by atoms with van der Waals surface area (Å²) in [5, 5.41) is 0. The first-order valence-electron chi connectivity index (χ1n) is 2.44. The van der Waals surface area contributed by atoms with Crippen LogP contribution in [0.25, 0.3) is 0 Å². The molecule has 0 saturated carbocycles. The largest absolute Gasteiger partial charge is 0.448 e. The molecule has 0 fully saturated rings. The zero-order valence-corrected chi connectivity index (χ0v) is 8.25. The van der Waals surface area contributed by atoms with E-state index < -0.39 is 22.0 Å². The van der Waals surface area contributed by atoms with Gasteiger partial charge in [-0.1, -0.05) is 0 Å². The Morgan fingerprint density at radius 3 is 2.55 bits per heavy atom. The molecule has 8 heteroatoms. The van der Waals surface area contributed by atoms with Gasteiger partial charge in [0.1, 0.15) is 12.4 Å². The smallest absolute Gasteiger partial charge is 0.415 e. The van der Waals surface area contributed by atoms with Crippen LogP contribution in [0.2, 0.25) is 0 Å². The lowest BCUT2D eigenvalue weighted by Crippen LogP contribution is -2.18. The molecule has 0 aromatic carbocycles. The van der Waals surface area contributed by atoms with Gasteiger partial charge in [-0.05, 0) is 0 Å². The average molecular weight is 295 g/mol. The van der Waals surface area contributed by atoms with Gasteiger partial charge in [0.2, 0.25) is 0 Å². The monoisotopic (exact) mass is 295 g/mol. The minimum atomic E-state index is -4.04. The molecule has 0 aliphatic carbocycles. The maximum absolute atomic E-state index is 10.3. The number of hydrogen-bond acceptors (Lipinski definition) is 4. The van der Waals surface area contributed by atoms with Gasteiger partial charge < -0.3 is 4.74 Å². The fourth-order valence-corrected chi connectivity index (χ4v) is 0.717. The number of ether oxygens (including phenoxy) is 1. The Labute approximate surface area is 77.5 Å². The highest BCUT2D eigenvalue weighted by molar-refractivity contribution is 14.1. The van der Waals surface area contributed by atoms with Crippen LogP contribution in [0.15, 0.2) is 0 Å². The highest BCUT2D eigenvalue weighted by Gasteiger charge is 2.06. The maximum atomic E-state index is 10.3. The van der Waals surface area contributed by atoms with Gasteiger partial charge in [0.15, 0.2) is 0 Å². The third-order valence-electron chi connectivity index (χ3n) is 0.652. The Bertz CT molecular complexity index is 224. The van der Waals surface area contributed by atoms with Gasteiger partial charge in [0, 0.05) is 0 Å². The summed E-state index contributed by atoms with van der Waals surface area (Å²) in [6.45, 7) is -0.354. The minimum Gasteiger partial charge on any atom is -0.448 e. The van der Waals surface area contributed by atoms with E-state index in [0.29, 0.717) is 0 Å².